The van der Waals surface area contributed by atoms with E-state index in [1.807, 2.05) is 29.9 Å². The van der Waals surface area contributed by atoms with Crippen LogP contribution < -0.4 is 0 Å². The lowest BCUT2D eigenvalue weighted by Crippen LogP contribution is -2.33. The zero-order valence-corrected chi connectivity index (χ0v) is 13.5. The van der Waals surface area contributed by atoms with E-state index in [-0.39, 0.29) is 11.9 Å². The normalized spacial score (nSPS) is 17.3. The number of nitrogens with zero attached hydrogens (tertiary/aromatic N) is 3. The van der Waals surface area contributed by atoms with Crippen molar-refractivity contribution in [3.63, 3.8) is 0 Å². The molecule has 0 saturated carbocycles. The second-order valence-corrected chi connectivity index (χ2v) is 6.00. The first-order valence-electron chi connectivity index (χ1n) is 7.97. The molecule has 0 saturated heterocycles. The van der Waals surface area contributed by atoms with Crippen molar-refractivity contribution < 1.29 is 9.21 Å². The van der Waals surface area contributed by atoms with E-state index in [1.54, 1.807) is 12.3 Å². The molecule has 1 atom stereocenters. The predicted octanol–water partition coefficient (Wildman–Crippen LogP) is 3.12. The minimum atomic E-state index is 0.0407. The number of hydrogen-bond donors (Lipinski definition) is 0. The second-order valence-electron chi connectivity index (χ2n) is 6.00. The van der Waals surface area contributed by atoms with Gasteiger partial charge in [-0.05, 0) is 31.7 Å². The van der Waals surface area contributed by atoms with E-state index in [0.29, 0.717) is 5.56 Å². The van der Waals surface area contributed by atoms with Crippen LogP contribution in [0.2, 0.25) is 0 Å². The Bertz CT molecular complexity index is 671. The summed E-state index contributed by atoms with van der Waals surface area (Å²) in [5.74, 6) is 0.834. The number of fused-ring (bicyclic) bond motifs is 1. The Morgan fingerprint density at radius 2 is 2.36 bits per heavy atom. The topological polar surface area (TPSA) is 51.3 Å². The quantitative estimate of drug-likeness (QED) is 0.872. The van der Waals surface area contributed by atoms with E-state index in [2.05, 4.69) is 12.0 Å². The number of amides is 1. The Hall–Kier alpha value is -2.04. The fraction of sp³-hybridized carbons (Fsp3) is 0.529. The monoisotopic (exact) mass is 301 g/mol. The van der Waals surface area contributed by atoms with Crippen LogP contribution in [0.3, 0.4) is 0 Å². The molecule has 0 radical (unpaired) electrons. The Kier molecular flexibility index (Phi) is 4.05. The highest BCUT2D eigenvalue weighted by molar-refractivity contribution is 5.95. The standard InChI is InChI=1S/C17H23N3O2/c1-4-6-16-12(9-10-22-16)17(21)19(2)14-7-5-8-15-13(14)11-18-20(15)3/h9-11,14H,4-8H2,1-3H3. The van der Waals surface area contributed by atoms with Crippen molar-refractivity contribution in [2.75, 3.05) is 7.05 Å². The van der Waals surface area contributed by atoms with Crippen LogP contribution >= 0.6 is 0 Å². The van der Waals surface area contributed by atoms with Crippen LogP contribution in [0, 0.1) is 0 Å². The van der Waals surface area contributed by atoms with Gasteiger partial charge in [0.2, 0.25) is 0 Å². The molecule has 0 N–H and O–H groups in total. The third kappa shape index (κ3) is 2.45. The molecule has 3 rings (SSSR count). The van der Waals surface area contributed by atoms with E-state index in [9.17, 15) is 4.79 Å². The molecule has 22 heavy (non-hydrogen) atoms. The molecular weight excluding hydrogens is 278 g/mol. The summed E-state index contributed by atoms with van der Waals surface area (Å²) in [5.41, 5.74) is 3.13. The van der Waals surface area contributed by atoms with Crippen LogP contribution in [0.25, 0.3) is 0 Å². The molecule has 0 fully saturated rings. The molecule has 0 bridgehead atoms. The van der Waals surface area contributed by atoms with Crippen LogP contribution in [-0.2, 0) is 19.9 Å². The first-order valence-corrected chi connectivity index (χ1v) is 7.97. The summed E-state index contributed by atoms with van der Waals surface area (Å²) in [5, 5.41) is 4.36. The highest BCUT2D eigenvalue weighted by Crippen LogP contribution is 2.34. The number of carbonyl (C=O) groups is 1. The maximum absolute atomic E-state index is 12.9. The van der Waals surface area contributed by atoms with Crippen molar-refractivity contribution in [2.24, 2.45) is 7.05 Å². The van der Waals surface area contributed by atoms with Crippen LogP contribution in [0.4, 0.5) is 0 Å². The fourth-order valence-electron chi connectivity index (χ4n) is 3.37. The van der Waals surface area contributed by atoms with Gasteiger partial charge in [0.15, 0.2) is 0 Å². The van der Waals surface area contributed by atoms with Crippen molar-refractivity contribution in [2.45, 2.75) is 45.1 Å². The first-order chi connectivity index (χ1) is 10.6. The number of aromatic nitrogens is 2. The summed E-state index contributed by atoms with van der Waals surface area (Å²) >= 11 is 0. The van der Waals surface area contributed by atoms with Gasteiger partial charge in [-0.15, -0.1) is 0 Å². The van der Waals surface area contributed by atoms with Crippen LogP contribution in [-0.4, -0.2) is 27.6 Å². The zero-order valence-electron chi connectivity index (χ0n) is 13.5. The van der Waals surface area contributed by atoms with Crippen molar-refractivity contribution in [3.05, 3.63) is 41.1 Å². The molecule has 1 aliphatic carbocycles. The minimum absolute atomic E-state index is 0.0407. The lowest BCUT2D eigenvalue weighted by atomic mass is 9.91. The molecule has 2 heterocycles. The zero-order chi connectivity index (χ0) is 15.7. The summed E-state index contributed by atoms with van der Waals surface area (Å²) in [7, 11) is 3.86. The highest BCUT2D eigenvalue weighted by atomic mass is 16.3. The Labute approximate surface area is 130 Å². The molecule has 1 aliphatic rings. The van der Waals surface area contributed by atoms with Crippen molar-refractivity contribution >= 4 is 5.91 Å². The van der Waals surface area contributed by atoms with E-state index in [0.717, 1.165) is 37.9 Å². The number of carbonyl (C=O) groups excluding carboxylic acids is 1. The average molecular weight is 301 g/mol. The van der Waals surface area contributed by atoms with Gasteiger partial charge in [0, 0.05) is 31.8 Å². The molecule has 1 amide bonds. The Morgan fingerprint density at radius 1 is 1.55 bits per heavy atom. The maximum atomic E-state index is 12.9. The lowest BCUT2D eigenvalue weighted by molar-refractivity contribution is 0.0712. The number of furan rings is 1. The number of aryl methyl sites for hydroxylation is 2. The smallest absolute Gasteiger partial charge is 0.257 e. The highest BCUT2D eigenvalue weighted by Gasteiger charge is 2.30. The molecule has 0 aliphatic heterocycles. The van der Waals surface area contributed by atoms with E-state index in [1.165, 1.54) is 11.3 Å². The second kappa shape index (κ2) is 5.99. The van der Waals surface area contributed by atoms with Gasteiger partial charge >= 0.3 is 0 Å². The van der Waals surface area contributed by atoms with E-state index < -0.39 is 0 Å². The average Bonchev–Trinajstić information content (AvgIpc) is 3.13. The van der Waals surface area contributed by atoms with Gasteiger partial charge in [-0.2, -0.15) is 5.10 Å². The van der Waals surface area contributed by atoms with Gasteiger partial charge in [0.1, 0.15) is 5.76 Å². The van der Waals surface area contributed by atoms with Crippen LogP contribution in [0.15, 0.2) is 22.9 Å². The van der Waals surface area contributed by atoms with Crippen LogP contribution in [0.5, 0.6) is 0 Å². The van der Waals surface area contributed by atoms with Gasteiger partial charge < -0.3 is 9.32 Å². The van der Waals surface area contributed by atoms with Gasteiger partial charge in [0.05, 0.1) is 24.1 Å². The number of rotatable bonds is 4. The molecule has 5 heteroatoms. The number of hydrogen-bond acceptors (Lipinski definition) is 3. The summed E-state index contributed by atoms with van der Waals surface area (Å²) in [6.07, 6.45) is 8.40. The Morgan fingerprint density at radius 3 is 3.14 bits per heavy atom. The molecular formula is C17H23N3O2. The van der Waals surface area contributed by atoms with Gasteiger partial charge in [-0.25, -0.2) is 0 Å². The molecule has 2 aromatic rings. The SMILES string of the molecule is CCCc1occc1C(=O)N(C)C1CCCc2c1cnn2C. The van der Waals surface area contributed by atoms with Gasteiger partial charge in [-0.3, -0.25) is 9.48 Å². The van der Waals surface area contributed by atoms with Crippen molar-refractivity contribution in [3.8, 4) is 0 Å². The predicted molar refractivity (Wildman–Crippen MR) is 83.7 cm³/mol. The third-order valence-corrected chi connectivity index (χ3v) is 4.58. The molecule has 0 aromatic carbocycles. The van der Waals surface area contributed by atoms with Crippen LogP contribution in [0.1, 0.15) is 59.6 Å². The summed E-state index contributed by atoms with van der Waals surface area (Å²) < 4.78 is 7.40. The summed E-state index contributed by atoms with van der Waals surface area (Å²) in [4.78, 5) is 14.7. The fourth-order valence-corrected chi connectivity index (χ4v) is 3.37. The molecule has 2 aromatic heterocycles. The lowest BCUT2D eigenvalue weighted by Gasteiger charge is -2.31. The molecule has 0 spiro atoms. The Balaban J connectivity index is 1.86. The first kappa shape index (κ1) is 14.9. The summed E-state index contributed by atoms with van der Waals surface area (Å²) in [6, 6.07) is 1.89. The third-order valence-electron chi connectivity index (χ3n) is 4.58. The summed E-state index contributed by atoms with van der Waals surface area (Å²) in [6.45, 7) is 2.09. The van der Waals surface area contributed by atoms with Crippen molar-refractivity contribution in [1.82, 2.24) is 14.7 Å². The van der Waals surface area contributed by atoms with Gasteiger partial charge in [0.25, 0.3) is 5.91 Å². The minimum Gasteiger partial charge on any atom is -0.469 e. The largest absolute Gasteiger partial charge is 0.469 e. The maximum Gasteiger partial charge on any atom is 0.257 e. The van der Waals surface area contributed by atoms with Gasteiger partial charge in [-0.1, -0.05) is 6.92 Å². The molecule has 118 valence electrons. The molecule has 5 nitrogen and oxygen atoms in total. The van der Waals surface area contributed by atoms with E-state index >= 15 is 0 Å². The van der Waals surface area contributed by atoms with Crippen molar-refractivity contribution in [1.29, 1.82) is 0 Å². The van der Waals surface area contributed by atoms with E-state index in [4.69, 9.17) is 4.42 Å². The molecule has 1 unspecified atom stereocenters.